The van der Waals surface area contributed by atoms with Crippen LogP contribution >= 0.6 is 0 Å². The van der Waals surface area contributed by atoms with Crippen molar-refractivity contribution < 1.29 is 19.8 Å². The van der Waals surface area contributed by atoms with Crippen molar-refractivity contribution in [2.24, 2.45) is 0 Å². The van der Waals surface area contributed by atoms with Crippen molar-refractivity contribution in [2.45, 2.75) is 19.6 Å². The van der Waals surface area contributed by atoms with Gasteiger partial charge in [0.05, 0.1) is 26.2 Å². The lowest BCUT2D eigenvalue weighted by Crippen LogP contribution is -2.24. The Hall–Kier alpha value is -1.72. The topological polar surface area (TPSA) is 77.8 Å². The van der Waals surface area contributed by atoms with Crippen molar-refractivity contribution >= 4 is 17.4 Å². The summed E-state index contributed by atoms with van der Waals surface area (Å²) in [4.78, 5) is 24.1. The molecule has 0 aromatic heterocycles. The van der Waals surface area contributed by atoms with Gasteiger partial charge in [-0.15, -0.1) is 0 Å². The average Bonchev–Trinajstić information content (AvgIpc) is 2.67. The monoisotopic (exact) mass is 235 g/mol. The first-order valence-corrected chi connectivity index (χ1v) is 5.30. The van der Waals surface area contributed by atoms with E-state index in [0.29, 0.717) is 16.8 Å². The Kier molecular flexibility index (Phi) is 3.21. The number of Topliss-reactive ketones (excluding diaryl/α,β-unsaturated/α-hetero) is 1. The predicted molar refractivity (Wildman–Crippen MR) is 60.3 cm³/mol. The van der Waals surface area contributed by atoms with Crippen LogP contribution in [0.1, 0.15) is 17.5 Å². The smallest absolute Gasteiger partial charge is 0.234 e. The van der Waals surface area contributed by atoms with Crippen molar-refractivity contribution in [2.75, 3.05) is 11.4 Å². The molecule has 17 heavy (non-hydrogen) atoms. The molecule has 1 aromatic carbocycles. The third-order valence-corrected chi connectivity index (χ3v) is 2.70. The third-order valence-electron chi connectivity index (χ3n) is 2.70. The molecule has 1 aliphatic heterocycles. The number of rotatable bonds is 3. The minimum absolute atomic E-state index is 0.0680. The number of amides is 1. The first kappa shape index (κ1) is 11.8. The van der Waals surface area contributed by atoms with E-state index in [9.17, 15) is 9.59 Å². The first-order chi connectivity index (χ1) is 8.13. The number of ketones is 1. The van der Waals surface area contributed by atoms with E-state index < -0.39 is 0 Å². The van der Waals surface area contributed by atoms with Crippen LogP contribution in [-0.4, -0.2) is 28.4 Å². The van der Waals surface area contributed by atoms with E-state index in [0.717, 1.165) is 0 Å². The second-order valence-electron chi connectivity index (χ2n) is 4.02. The zero-order valence-corrected chi connectivity index (χ0v) is 9.22. The summed E-state index contributed by atoms with van der Waals surface area (Å²) >= 11 is 0. The Balaban J connectivity index is 2.37. The quantitative estimate of drug-likeness (QED) is 0.722. The molecule has 0 atom stereocenters. The third kappa shape index (κ3) is 2.35. The molecule has 1 aromatic rings. The fraction of sp³-hybridized carbons (Fsp3) is 0.333. The standard InChI is InChI=1S/C12H13NO4/c14-6-8-1-9(7-15)3-10(2-8)13-5-11(16)4-12(13)17/h1-3,14-15H,4-7H2. The number of anilines is 1. The number of nitrogens with zero attached hydrogens (tertiary/aromatic N) is 1. The van der Waals surface area contributed by atoms with E-state index in [1.807, 2.05) is 0 Å². The van der Waals surface area contributed by atoms with Gasteiger partial charge in [-0.2, -0.15) is 0 Å². The van der Waals surface area contributed by atoms with Crippen molar-refractivity contribution in [1.82, 2.24) is 0 Å². The predicted octanol–water partition coefficient (Wildman–Crippen LogP) is -0.0230. The zero-order chi connectivity index (χ0) is 12.4. The number of aliphatic hydroxyl groups is 2. The van der Waals surface area contributed by atoms with Crippen LogP contribution in [0, 0.1) is 0 Å². The molecule has 5 nitrogen and oxygen atoms in total. The van der Waals surface area contributed by atoms with Gasteiger partial charge in [0, 0.05) is 5.69 Å². The minimum atomic E-state index is -0.242. The maximum atomic E-state index is 11.6. The molecule has 2 rings (SSSR count). The molecule has 90 valence electrons. The fourth-order valence-electron chi connectivity index (χ4n) is 1.90. The molecule has 0 unspecified atom stereocenters. The van der Waals surface area contributed by atoms with E-state index in [4.69, 9.17) is 10.2 Å². The summed E-state index contributed by atoms with van der Waals surface area (Å²) < 4.78 is 0. The van der Waals surface area contributed by atoms with Gasteiger partial charge in [-0.05, 0) is 23.3 Å². The van der Waals surface area contributed by atoms with Gasteiger partial charge >= 0.3 is 0 Å². The molecule has 0 spiro atoms. The summed E-state index contributed by atoms with van der Waals surface area (Å²) in [7, 11) is 0. The first-order valence-electron chi connectivity index (χ1n) is 5.30. The summed E-state index contributed by atoms with van der Waals surface area (Å²) in [5.41, 5.74) is 1.77. The number of aliphatic hydroxyl groups excluding tert-OH is 2. The van der Waals surface area contributed by atoms with E-state index in [2.05, 4.69) is 0 Å². The van der Waals surface area contributed by atoms with E-state index in [-0.39, 0.29) is 37.9 Å². The lowest BCUT2D eigenvalue weighted by Gasteiger charge is -2.16. The minimum Gasteiger partial charge on any atom is -0.392 e. The highest BCUT2D eigenvalue weighted by molar-refractivity contribution is 6.15. The number of carbonyl (C=O) groups is 2. The summed E-state index contributed by atoms with van der Waals surface area (Å²) in [6.45, 7) is -0.272. The summed E-state index contributed by atoms with van der Waals surface area (Å²) in [5.74, 6) is -0.357. The van der Waals surface area contributed by atoms with Gasteiger partial charge in [0.2, 0.25) is 5.91 Å². The van der Waals surface area contributed by atoms with Gasteiger partial charge in [0.15, 0.2) is 5.78 Å². The number of hydrogen-bond acceptors (Lipinski definition) is 4. The second kappa shape index (κ2) is 4.65. The van der Waals surface area contributed by atoms with E-state index in [1.54, 1.807) is 18.2 Å². The molecule has 1 amide bonds. The van der Waals surface area contributed by atoms with Crippen LogP contribution in [0.2, 0.25) is 0 Å². The molecule has 0 saturated carbocycles. The highest BCUT2D eigenvalue weighted by atomic mass is 16.3. The Bertz CT molecular complexity index is 447. The Labute approximate surface area is 98.3 Å². The van der Waals surface area contributed by atoms with Crippen molar-refractivity contribution in [3.63, 3.8) is 0 Å². The molecule has 1 heterocycles. The van der Waals surface area contributed by atoms with Gasteiger partial charge in [-0.3, -0.25) is 9.59 Å². The van der Waals surface area contributed by atoms with Gasteiger partial charge in [-0.25, -0.2) is 0 Å². The Morgan fingerprint density at radius 1 is 1.06 bits per heavy atom. The van der Waals surface area contributed by atoms with E-state index in [1.165, 1.54) is 4.90 Å². The molecule has 1 saturated heterocycles. The molecule has 0 bridgehead atoms. The fourth-order valence-corrected chi connectivity index (χ4v) is 1.90. The van der Waals surface area contributed by atoms with Crippen LogP contribution in [0.3, 0.4) is 0 Å². The van der Waals surface area contributed by atoms with Crippen LogP contribution in [-0.2, 0) is 22.8 Å². The van der Waals surface area contributed by atoms with Crippen molar-refractivity contribution in [3.8, 4) is 0 Å². The average molecular weight is 235 g/mol. The highest BCUT2D eigenvalue weighted by Crippen LogP contribution is 2.23. The second-order valence-corrected chi connectivity index (χ2v) is 4.02. The maximum Gasteiger partial charge on any atom is 0.234 e. The van der Waals surface area contributed by atoms with Crippen LogP contribution in [0.15, 0.2) is 18.2 Å². The van der Waals surface area contributed by atoms with Crippen molar-refractivity contribution in [1.29, 1.82) is 0 Å². The summed E-state index contributed by atoms with van der Waals surface area (Å²) in [5, 5.41) is 18.2. The summed E-state index contributed by atoms with van der Waals surface area (Å²) in [6, 6.07) is 4.96. The van der Waals surface area contributed by atoms with E-state index >= 15 is 0 Å². The van der Waals surface area contributed by atoms with Gasteiger partial charge in [-0.1, -0.05) is 6.07 Å². The largest absolute Gasteiger partial charge is 0.392 e. The molecule has 1 aliphatic rings. The highest BCUT2D eigenvalue weighted by Gasteiger charge is 2.28. The zero-order valence-electron chi connectivity index (χ0n) is 9.22. The lowest BCUT2D eigenvalue weighted by atomic mass is 10.1. The Morgan fingerprint density at radius 2 is 1.65 bits per heavy atom. The van der Waals surface area contributed by atoms with Crippen LogP contribution in [0.5, 0.6) is 0 Å². The molecule has 1 fully saturated rings. The lowest BCUT2D eigenvalue weighted by molar-refractivity contribution is -0.121. The van der Waals surface area contributed by atoms with Crippen LogP contribution in [0.4, 0.5) is 5.69 Å². The molecular weight excluding hydrogens is 222 g/mol. The molecule has 0 radical (unpaired) electrons. The van der Waals surface area contributed by atoms with Gasteiger partial charge < -0.3 is 15.1 Å². The maximum absolute atomic E-state index is 11.6. The van der Waals surface area contributed by atoms with Gasteiger partial charge in [0.25, 0.3) is 0 Å². The summed E-state index contributed by atoms with van der Waals surface area (Å²) in [6.07, 6.45) is -0.0716. The molecule has 5 heteroatoms. The number of benzene rings is 1. The molecular formula is C12H13NO4. The molecule has 0 aliphatic carbocycles. The number of hydrogen-bond donors (Lipinski definition) is 2. The Morgan fingerprint density at radius 3 is 2.06 bits per heavy atom. The number of carbonyl (C=O) groups excluding carboxylic acids is 2. The normalized spacial score (nSPS) is 15.8. The van der Waals surface area contributed by atoms with Crippen molar-refractivity contribution in [3.05, 3.63) is 29.3 Å². The van der Waals surface area contributed by atoms with Crippen LogP contribution < -0.4 is 4.90 Å². The molecule has 2 N–H and O–H groups in total. The van der Waals surface area contributed by atoms with Crippen LogP contribution in [0.25, 0.3) is 0 Å². The SMILES string of the molecule is O=C1CC(=O)N(c2cc(CO)cc(CO)c2)C1. The van der Waals surface area contributed by atoms with Gasteiger partial charge in [0.1, 0.15) is 0 Å².